The molecule has 0 aliphatic carbocycles. The number of nitrogens with zero attached hydrogens (tertiary/aromatic N) is 2. The van der Waals surface area contributed by atoms with Crippen molar-refractivity contribution in [2.75, 3.05) is 0 Å². The van der Waals surface area contributed by atoms with Crippen LogP contribution in [0.3, 0.4) is 0 Å². The van der Waals surface area contributed by atoms with Crippen LogP contribution in [0.5, 0.6) is 0 Å². The van der Waals surface area contributed by atoms with Gasteiger partial charge in [0.15, 0.2) is 0 Å². The van der Waals surface area contributed by atoms with Crippen LogP contribution in [0.25, 0.3) is 0 Å². The molecule has 0 atom stereocenters. The maximum absolute atomic E-state index is 11.4. The average Bonchev–Trinajstić information content (AvgIpc) is 2.74. The van der Waals surface area contributed by atoms with Gasteiger partial charge in [-0.2, -0.15) is 0 Å². The molecule has 0 aromatic carbocycles. The van der Waals surface area contributed by atoms with E-state index in [1.54, 1.807) is 0 Å². The molecule has 2 aromatic rings. The third kappa shape index (κ3) is 2.14. The topological polar surface area (TPSA) is 118 Å². The summed E-state index contributed by atoms with van der Waals surface area (Å²) in [6, 6.07) is 1.53. The van der Waals surface area contributed by atoms with Gasteiger partial charge in [0.2, 0.25) is 0 Å². The fourth-order valence-corrected chi connectivity index (χ4v) is 1.27. The maximum atomic E-state index is 11.4. The lowest BCUT2D eigenvalue weighted by Crippen LogP contribution is -2.33. The van der Waals surface area contributed by atoms with Gasteiger partial charge in [-0.05, 0) is 0 Å². The highest BCUT2D eigenvalue weighted by Crippen LogP contribution is 1.97. The number of carboxylic acids is 1. The zero-order valence-electron chi connectivity index (χ0n) is 8.41. The molecule has 0 bridgehead atoms. The number of hydrogen-bond acceptors (Lipinski definition) is 5. The minimum atomic E-state index is -1.40. The quantitative estimate of drug-likeness (QED) is 0.726. The number of carbonyl (C=O) groups is 1. The molecule has 2 rings (SSSR count). The molecule has 0 saturated carbocycles. The molecule has 2 aromatic heterocycles. The Morgan fingerprint density at radius 2 is 2.29 bits per heavy atom. The van der Waals surface area contributed by atoms with Crippen LogP contribution in [0.2, 0.25) is 0 Å². The van der Waals surface area contributed by atoms with Gasteiger partial charge in [0.25, 0.3) is 5.56 Å². The maximum Gasteiger partial charge on any atom is 0.342 e. The van der Waals surface area contributed by atoms with Gasteiger partial charge in [-0.15, -0.1) is 0 Å². The highest BCUT2D eigenvalue weighted by molar-refractivity contribution is 5.86. The number of aromatic amines is 1. The van der Waals surface area contributed by atoms with E-state index in [9.17, 15) is 14.4 Å². The number of aromatic nitrogens is 3. The lowest BCUT2D eigenvalue weighted by atomic mass is 10.3. The van der Waals surface area contributed by atoms with E-state index in [-0.39, 0.29) is 6.54 Å². The molecule has 0 fully saturated rings. The number of H-pyrrole nitrogens is 1. The second kappa shape index (κ2) is 4.08. The SMILES string of the molecule is O=C(O)c1cn(Cc2ccon2)c(=O)[nH]c1=O. The van der Waals surface area contributed by atoms with E-state index in [4.69, 9.17) is 5.11 Å². The van der Waals surface area contributed by atoms with Crippen LogP contribution < -0.4 is 11.2 Å². The molecule has 2 N–H and O–H groups in total. The van der Waals surface area contributed by atoms with Crippen molar-refractivity contribution >= 4 is 5.97 Å². The Morgan fingerprint density at radius 1 is 1.53 bits per heavy atom. The molecule has 8 heteroatoms. The van der Waals surface area contributed by atoms with E-state index in [1.165, 1.54) is 12.3 Å². The van der Waals surface area contributed by atoms with Crippen LogP contribution in [0, 0.1) is 0 Å². The monoisotopic (exact) mass is 237 g/mol. The highest BCUT2D eigenvalue weighted by atomic mass is 16.5. The lowest BCUT2D eigenvalue weighted by Gasteiger charge is -2.02. The molecule has 8 nitrogen and oxygen atoms in total. The molecule has 0 amide bonds. The predicted octanol–water partition coefficient (Wildman–Crippen LogP) is -0.729. The molecule has 0 radical (unpaired) electrons. The first-order valence-electron chi connectivity index (χ1n) is 4.54. The van der Waals surface area contributed by atoms with E-state index in [0.29, 0.717) is 5.69 Å². The summed E-state index contributed by atoms with van der Waals surface area (Å²) in [7, 11) is 0. The summed E-state index contributed by atoms with van der Waals surface area (Å²) in [6.07, 6.45) is 2.29. The average molecular weight is 237 g/mol. The number of hydrogen-bond donors (Lipinski definition) is 2. The van der Waals surface area contributed by atoms with Crippen LogP contribution in [0.1, 0.15) is 16.1 Å². The Morgan fingerprint density at radius 3 is 2.88 bits per heavy atom. The summed E-state index contributed by atoms with van der Waals surface area (Å²) in [5, 5.41) is 12.3. The van der Waals surface area contributed by atoms with E-state index in [2.05, 4.69) is 9.68 Å². The minimum Gasteiger partial charge on any atom is -0.477 e. The molecule has 0 unspecified atom stereocenters. The standard InChI is InChI=1S/C9H7N3O5/c13-7-6(8(14)15)4-12(9(16)10-7)3-5-1-2-17-11-5/h1-2,4H,3H2,(H,14,15)(H,10,13,16). The molecule has 0 saturated heterocycles. The minimum absolute atomic E-state index is 0.0202. The fraction of sp³-hybridized carbons (Fsp3) is 0.111. The normalized spacial score (nSPS) is 10.4. The fourth-order valence-electron chi connectivity index (χ4n) is 1.27. The predicted molar refractivity (Wildman–Crippen MR) is 53.9 cm³/mol. The van der Waals surface area contributed by atoms with Crippen molar-refractivity contribution in [3.63, 3.8) is 0 Å². The number of carboxylic acid groups (broad SMARTS) is 1. The lowest BCUT2D eigenvalue weighted by molar-refractivity contribution is 0.0693. The summed E-state index contributed by atoms with van der Waals surface area (Å²) in [5.74, 6) is -1.40. The highest BCUT2D eigenvalue weighted by Gasteiger charge is 2.12. The molecule has 2 heterocycles. The van der Waals surface area contributed by atoms with Gasteiger partial charge in [0.1, 0.15) is 17.5 Å². The van der Waals surface area contributed by atoms with E-state index in [1.807, 2.05) is 4.98 Å². The third-order valence-electron chi connectivity index (χ3n) is 2.06. The summed E-state index contributed by atoms with van der Waals surface area (Å²) in [4.78, 5) is 35.2. The van der Waals surface area contributed by atoms with E-state index < -0.39 is 22.8 Å². The second-order valence-electron chi connectivity index (χ2n) is 3.23. The van der Waals surface area contributed by atoms with Gasteiger partial charge in [0.05, 0.1) is 6.54 Å². The second-order valence-corrected chi connectivity index (χ2v) is 3.23. The van der Waals surface area contributed by atoms with Crippen molar-refractivity contribution in [2.24, 2.45) is 0 Å². The van der Waals surface area contributed by atoms with Crippen molar-refractivity contribution in [3.8, 4) is 0 Å². The Bertz CT molecular complexity index is 652. The van der Waals surface area contributed by atoms with Gasteiger partial charge >= 0.3 is 11.7 Å². The Balaban J connectivity index is 2.47. The summed E-state index contributed by atoms with van der Waals surface area (Å²) < 4.78 is 5.60. The van der Waals surface area contributed by atoms with Gasteiger partial charge in [-0.3, -0.25) is 14.3 Å². The van der Waals surface area contributed by atoms with Gasteiger partial charge in [0, 0.05) is 12.3 Å². The Kier molecular flexibility index (Phi) is 2.61. The molecule has 0 aliphatic heterocycles. The van der Waals surface area contributed by atoms with Gasteiger partial charge < -0.3 is 9.63 Å². The van der Waals surface area contributed by atoms with Crippen molar-refractivity contribution in [1.29, 1.82) is 0 Å². The van der Waals surface area contributed by atoms with Crippen LogP contribution in [0.4, 0.5) is 0 Å². The van der Waals surface area contributed by atoms with Crippen LogP contribution >= 0.6 is 0 Å². The van der Waals surface area contributed by atoms with Gasteiger partial charge in [-0.25, -0.2) is 9.59 Å². The molecule has 0 spiro atoms. The Hall–Kier alpha value is -2.64. The van der Waals surface area contributed by atoms with E-state index in [0.717, 1.165) is 10.8 Å². The van der Waals surface area contributed by atoms with E-state index >= 15 is 0 Å². The van der Waals surface area contributed by atoms with Crippen molar-refractivity contribution in [1.82, 2.24) is 14.7 Å². The zero-order valence-corrected chi connectivity index (χ0v) is 8.41. The molecular formula is C9H7N3O5. The summed E-state index contributed by atoms with van der Waals surface area (Å²) in [5.41, 5.74) is -1.70. The first-order chi connectivity index (χ1) is 8.08. The first kappa shape index (κ1) is 10.9. The smallest absolute Gasteiger partial charge is 0.342 e. The number of aromatic carboxylic acids is 1. The number of nitrogens with one attached hydrogen (secondary N) is 1. The van der Waals surface area contributed by atoms with Crippen molar-refractivity contribution in [3.05, 3.63) is 50.6 Å². The zero-order chi connectivity index (χ0) is 12.4. The molecule has 17 heavy (non-hydrogen) atoms. The largest absolute Gasteiger partial charge is 0.477 e. The summed E-state index contributed by atoms with van der Waals surface area (Å²) in [6.45, 7) is 0.0202. The number of rotatable bonds is 3. The van der Waals surface area contributed by atoms with Crippen molar-refractivity contribution < 1.29 is 14.4 Å². The first-order valence-corrected chi connectivity index (χ1v) is 4.54. The van der Waals surface area contributed by atoms with Crippen LogP contribution in [-0.2, 0) is 6.54 Å². The molecular weight excluding hydrogens is 230 g/mol. The Labute approximate surface area is 93.1 Å². The molecule has 88 valence electrons. The van der Waals surface area contributed by atoms with Gasteiger partial charge in [-0.1, -0.05) is 5.16 Å². The third-order valence-corrected chi connectivity index (χ3v) is 2.06. The van der Waals surface area contributed by atoms with Crippen molar-refractivity contribution in [2.45, 2.75) is 6.54 Å². The van der Waals surface area contributed by atoms with Crippen LogP contribution in [-0.4, -0.2) is 25.8 Å². The van der Waals surface area contributed by atoms with Crippen LogP contribution in [0.15, 0.2) is 32.6 Å². The summed E-state index contributed by atoms with van der Waals surface area (Å²) >= 11 is 0. The molecule has 0 aliphatic rings.